The normalized spacial score (nSPS) is 11.2. The summed E-state index contributed by atoms with van der Waals surface area (Å²) < 4.78 is 80.9. The van der Waals surface area contributed by atoms with Gasteiger partial charge < -0.3 is 0 Å². The maximum absolute atomic E-state index is 13.6. The molecule has 0 N–H and O–H groups in total. The van der Waals surface area contributed by atoms with Gasteiger partial charge in [-0.2, -0.15) is 0 Å². The fourth-order valence-corrected chi connectivity index (χ4v) is 4.39. The number of halogens is 6. The molecular formula is C18H9F6S+. The Labute approximate surface area is 142 Å². The van der Waals surface area contributed by atoms with E-state index < -0.39 is 45.8 Å². The molecule has 3 rings (SSSR count). The zero-order valence-corrected chi connectivity index (χ0v) is 13.2. The van der Waals surface area contributed by atoms with Crippen LogP contribution in [0.1, 0.15) is 0 Å². The van der Waals surface area contributed by atoms with Crippen molar-refractivity contribution in [1.82, 2.24) is 0 Å². The van der Waals surface area contributed by atoms with Crippen molar-refractivity contribution in [3.05, 3.63) is 89.5 Å². The van der Waals surface area contributed by atoms with Gasteiger partial charge in [0.05, 0.1) is 10.9 Å². The average Bonchev–Trinajstić information content (AvgIpc) is 2.53. The molecule has 0 radical (unpaired) electrons. The fourth-order valence-electron chi connectivity index (χ4n) is 2.26. The van der Waals surface area contributed by atoms with Crippen LogP contribution in [0.15, 0.2) is 69.3 Å². The predicted molar refractivity (Wildman–Crippen MR) is 81.2 cm³/mol. The van der Waals surface area contributed by atoms with Crippen LogP contribution in [0.4, 0.5) is 26.3 Å². The summed E-state index contributed by atoms with van der Waals surface area (Å²) in [5, 5.41) is 0. The van der Waals surface area contributed by atoms with Gasteiger partial charge in [-0.1, -0.05) is 0 Å². The first-order valence-corrected chi connectivity index (χ1v) is 8.18. The van der Waals surface area contributed by atoms with Gasteiger partial charge in [0.25, 0.3) is 0 Å². The lowest BCUT2D eigenvalue weighted by molar-refractivity contribution is 0.505. The van der Waals surface area contributed by atoms with Gasteiger partial charge in [-0.25, -0.2) is 26.3 Å². The molecule has 0 bridgehead atoms. The topological polar surface area (TPSA) is 0 Å². The number of benzene rings is 3. The van der Waals surface area contributed by atoms with Gasteiger partial charge in [0, 0.05) is 30.3 Å². The highest BCUT2D eigenvalue weighted by atomic mass is 32.2. The Hall–Kier alpha value is -2.41. The van der Waals surface area contributed by atoms with Crippen LogP contribution in [0.3, 0.4) is 0 Å². The van der Waals surface area contributed by atoms with Crippen LogP contribution < -0.4 is 0 Å². The maximum atomic E-state index is 13.6. The third kappa shape index (κ3) is 3.66. The quantitative estimate of drug-likeness (QED) is 0.414. The highest BCUT2D eigenvalue weighted by Crippen LogP contribution is 2.33. The first kappa shape index (κ1) is 17.4. The molecule has 0 aliphatic carbocycles. The summed E-state index contributed by atoms with van der Waals surface area (Å²) in [5.74, 6) is -6.26. The van der Waals surface area contributed by atoms with Crippen molar-refractivity contribution in [2.75, 3.05) is 0 Å². The molecule has 0 saturated heterocycles. The minimum absolute atomic E-state index is 0.0783. The Morgan fingerprint density at radius 3 is 1.28 bits per heavy atom. The van der Waals surface area contributed by atoms with Crippen LogP contribution in [0.25, 0.3) is 0 Å². The highest BCUT2D eigenvalue weighted by Gasteiger charge is 2.32. The molecular weight excluding hydrogens is 362 g/mol. The zero-order valence-electron chi connectivity index (χ0n) is 12.4. The molecule has 0 aliphatic heterocycles. The molecule has 3 aromatic rings. The molecule has 0 heterocycles. The second-order valence-corrected chi connectivity index (χ2v) is 7.09. The second kappa shape index (κ2) is 6.84. The Morgan fingerprint density at radius 1 is 0.440 bits per heavy atom. The number of hydrogen-bond donors (Lipinski definition) is 0. The van der Waals surface area contributed by atoms with Gasteiger partial charge in [-0.3, -0.25) is 0 Å². The van der Waals surface area contributed by atoms with Crippen LogP contribution in [0, 0.1) is 34.9 Å². The van der Waals surface area contributed by atoms with Gasteiger partial charge in [0.2, 0.25) is 0 Å². The zero-order chi connectivity index (χ0) is 18.1. The molecule has 0 saturated carbocycles. The standard InChI is InChI=1S/C18H9F6S/c19-10-5-11(20)7-14(6-10)25(12-1-3-15(21)17(23)8-12)13-2-4-16(22)18(24)9-13/h1-9H/q+1. The third-order valence-electron chi connectivity index (χ3n) is 3.33. The van der Waals surface area contributed by atoms with Gasteiger partial charge in [0.15, 0.2) is 38.0 Å². The lowest BCUT2D eigenvalue weighted by Gasteiger charge is -2.09. The van der Waals surface area contributed by atoms with Crippen LogP contribution in [0.5, 0.6) is 0 Å². The molecule has 0 aliphatic rings. The third-order valence-corrected chi connectivity index (χ3v) is 5.48. The summed E-state index contributed by atoms with van der Waals surface area (Å²) in [7, 11) is -1.37. The van der Waals surface area contributed by atoms with E-state index in [4.69, 9.17) is 0 Å². The fraction of sp³-hybridized carbons (Fsp3) is 0. The van der Waals surface area contributed by atoms with E-state index in [1.54, 1.807) is 0 Å². The van der Waals surface area contributed by atoms with E-state index in [-0.39, 0.29) is 14.7 Å². The van der Waals surface area contributed by atoms with E-state index >= 15 is 0 Å². The first-order chi connectivity index (χ1) is 11.8. The molecule has 0 spiro atoms. The van der Waals surface area contributed by atoms with Gasteiger partial charge >= 0.3 is 0 Å². The predicted octanol–water partition coefficient (Wildman–Crippen LogP) is 5.62. The van der Waals surface area contributed by atoms with E-state index in [9.17, 15) is 26.3 Å². The van der Waals surface area contributed by atoms with Gasteiger partial charge in [-0.05, 0) is 24.3 Å². The second-order valence-electron chi connectivity index (χ2n) is 5.06. The molecule has 0 nitrogen and oxygen atoms in total. The van der Waals surface area contributed by atoms with Crippen molar-refractivity contribution >= 4 is 10.9 Å². The first-order valence-electron chi connectivity index (χ1n) is 6.95. The lowest BCUT2D eigenvalue weighted by atomic mass is 10.3. The number of rotatable bonds is 3. The van der Waals surface area contributed by atoms with Crippen LogP contribution in [-0.2, 0) is 10.9 Å². The molecule has 0 unspecified atom stereocenters. The largest absolute Gasteiger partial charge is 0.207 e. The van der Waals surface area contributed by atoms with Crippen molar-refractivity contribution in [3.8, 4) is 0 Å². The summed E-state index contributed by atoms with van der Waals surface area (Å²) in [4.78, 5) is 0.402. The van der Waals surface area contributed by atoms with Crippen molar-refractivity contribution < 1.29 is 26.3 Å². The van der Waals surface area contributed by atoms with Crippen LogP contribution in [-0.4, -0.2) is 0 Å². The molecule has 3 aromatic carbocycles. The SMILES string of the molecule is Fc1cc(F)cc([S+](c2ccc(F)c(F)c2)c2ccc(F)c(F)c2)c1. The van der Waals surface area contributed by atoms with E-state index in [0.717, 1.165) is 36.4 Å². The average molecular weight is 371 g/mol. The lowest BCUT2D eigenvalue weighted by Crippen LogP contribution is -2.07. The maximum Gasteiger partial charge on any atom is 0.172 e. The smallest absolute Gasteiger partial charge is 0.172 e. The number of hydrogen-bond acceptors (Lipinski definition) is 0. The van der Waals surface area contributed by atoms with E-state index in [0.29, 0.717) is 6.07 Å². The van der Waals surface area contributed by atoms with Crippen LogP contribution in [0.2, 0.25) is 0 Å². The van der Waals surface area contributed by atoms with Crippen molar-refractivity contribution in [2.45, 2.75) is 14.7 Å². The Bertz CT molecular complexity index is 869. The molecule has 128 valence electrons. The molecule has 0 amide bonds. The monoisotopic (exact) mass is 371 g/mol. The summed E-state index contributed by atoms with van der Waals surface area (Å²) in [6.45, 7) is 0. The Balaban J connectivity index is 2.23. The molecule has 7 heteroatoms. The Kier molecular flexibility index (Phi) is 4.76. The summed E-state index contributed by atoms with van der Waals surface area (Å²) in [5.41, 5.74) is 0. The molecule has 0 aromatic heterocycles. The Morgan fingerprint density at radius 2 is 0.880 bits per heavy atom. The van der Waals surface area contributed by atoms with Crippen molar-refractivity contribution in [1.29, 1.82) is 0 Å². The summed E-state index contributed by atoms with van der Waals surface area (Å²) in [6, 6.07) is 8.58. The van der Waals surface area contributed by atoms with Gasteiger partial charge in [0.1, 0.15) is 11.6 Å². The van der Waals surface area contributed by atoms with E-state index in [2.05, 4.69) is 0 Å². The van der Waals surface area contributed by atoms with E-state index in [1.807, 2.05) is 0 Å². The van der Waals surface area contributed by atoms with E-state index in [1.165, 1.54) is 12.1 Å². The van der Waals surface area contributed by atoms with Crippen molar-refractivity contribution in [2.24, 2.45) is 0 Å². The summed E-state index contributed by atoms with van der Waals surface area (Å²) in [6.07, 6.45) is 0. The minimum atomic E-state index is -1.37. The molecule has 25 heavy (non-hydrogen) atoms. The van der Waals surface area contributed by atoms with Crippen LogP contribution >= 0.6 is 0 Å². The van der Waals surface area contributed by atoms with Gasteiger partial charge in [-0.15, -0.1) is 0 Å². The minimum Gasteiger partial charge on any atom is -0.207 e. The highest BCUT2D eigenvalue weighted by molar-refractivity contribution is 7.97. The molecule has 0 atom stereocenters. The molecule has 0 fully saturated rings. The van der Waals surface area contributed by atoms with Crippen molar-refractivity contribution in [3.63, 3.8) is 0 Å². The summed E-state index contributed by atoms with van der Waals surface area (Å²) >= 11 is 0.